The molecule has 4 heteroatoms. The van der Waals surface area contributed by atoms with Gasteiger partial charge in [0.1, 0.15) is 6.04 Å². The molecule has 0 unspecified atom stereocenters. The molecule has 0 saturated carbocycles. The molecule has 0 aromatic heterocycles. The molecule has 1 N–H and O–H groups in total. The minimum Gasteiger partial charge on any atom is -0.327 e. The Hall–Kier alpha value is -2.88. The molecule has 1 aliphatic rings. The zero-order chi connectivity index (χ0) is 16.8. The molecular weight excluding hydrogens is 300 g/mol. The molecule has 3 rings (SSSR count). The van der Waals surface area contributed by atoms with Gasteiger partial charge in [0.15, 0.2) is 0 Å². The number of carbonyl (C=O) groups excluding carboxylic acids is 2. The van der Waals surface area contributed by atoms with Crippen LogP contribution in [0.25, 0.3) is 6.08 Å². The number of para-hydroxylation sites is 1. The molecular formula is C20H20N2O2. The highest BCUT2D eigenvalue weighted by Crippen LogP contribution is 2.20. The first kappa shape index (κ1) is 16.0. The fraction of sp³-hybridized carbons (Fsp3) is 0.200. The van der Waals surface area contributed by atoms with Gasteiger partial charge in [0.05, 0.1) is 0 Å². The molecule has 1 saturated heterocycles. The summed E-state index contributed by atoms with van der Waals surface area (Å²) in [5.41, 5.74) is 1.72. The quantitative estimate of drug-likeness (QED) is 0.879. The average molecular weight is 320 g/mol. The van der Waals surface area contributed by atoms with Crippen LogP contribution in [0.4, 0.5) is 5.69 Å². The van der Waals surface area contributed by atoms with Gasteiger partial charge in [-0.15, -0.1) is 0 Å². The molecule has 0 bridgehead atoms. The normalized spacial score (nSPS) is 17.2. The van der Waals surface area contributed by atoms with Crippen LogP contribution < -0.4 is 5.32 Å². The number of rotatable bonds is 4. The summed E-state index contributed by atoms with van der Waals surface area (Å²) >= 11 is 0. The van der Waals surface area contributed by atoms with Crippen LogP contribution in [-0.2, 0) is 9.59 Å². The molecule has 1 heterocycles. The van der Waals surface area contributed by atoms with Gasteiger partial charge in [-0.3, -0.25) is 9.59 Å². The standard InChI is InChI=1S/C20H20N2O2/c23-19(14-13-16-8-3-1-4-9-16)22-15-7-12-18(22)20(24)21-17-10-5-2-6-11-17/h1-6,8-11,13-14,18H,7,12,15H2,(H,21,24)/b14-13+/t18-/m0/s1. The Morgan fingerprint density at radius 3 is 2.38 bits per heavy atom. The highest BCUT2D eigenvalue weighted by molar-refractivity contribution is 6.00. The first-order valence-corrected chi connectivity index (χ1v) is 8.14. The van der Waals surface area contributed by atoms with Gasteiger partial charge in [-0.2, -0.15) is 0 Å². The number of carbonyl (C=O) groups is 2. The van der Waals surface area contributed by atoms with Crippen molar-refractivity contribution in [3.63, 3.8) is 0 Å². The molecule has 1 fully saturated rings. The lowest BCUT2D eigenvalue weighted by Gasteiger charge is -2.22. The number of nitrogens with one attached hydrogen (secondary N) is 1. The molecule has 2 aromatic rings. The molecule has 24 heavy (non-hydrogen) atoms. The van der Waals surface area contributed by atoms with Crippen molar-refractivity contribution < 1.29 is 9.59 Å². The third-order valence-corrected chi connectivity index (χ3v) is 4.10. The number of benzene rings is 2. The number of anilines is 1. The number of nitrogens with zero attached hydrogens (tertiary/aromatic N) is 1. The van der Waals surface area contributed by atoms with Crippen molar-refractivity contribution >= 4 is 23.6 Å². The van der Waals surface area contributed by atoms with Crippen LogP contribution in [0.5, 0.6) is 0 Å². The summed E-state index contributed by atoms with van der Waals surface area (Å²) in [6.07, 6.45) is 4.87. The topological polar surface area (TPSA) is 49.4 Å². The van der Waals surface area contributed by atoms with E-state index in [0.29, 0.717) is 13.0 Å². The number of hydrogen-bond acceptors (Lipinski definition) is 2. The van der Waals surface area contributed by atoms with Crippen molar-refractivity contribution in [3.05, 3.63) is 72.3 Å². The van der Waals surface area contributed by atoms with Crippen LogP contribution in [0.2, 0.25) is 0 Å². The van der Waals surface area contributed by atoms with E-state index in [0.717, 1.165) is 17.7 Å². The molecule has 2 amide bonds. The lowest BCUT2D eigenvalue weighted by atomic mass is 10.2. The van der Waals surface area contributed by atoms with Crippen LogP contribution in [-0.4, -0.2) is 29.3 Å². The maximum Gasteiger partial charge on any atom is 0.247 e. The van der Waals surface area contributed by atoms with E-state index in [1.807, 2.05) is 60.7 Å². The van der Waals surface area contributed by atoms with Gasteiger partial charge in [-0.1, -0.05) is 48.5 Å². The fourth-order valence-electron chi connectivity index (χ4n) is 2.88. The van der Waals surface area contributed by atoms with Gasteiger partial charge < -0.3 is 10.2 Å². The van der Waals surface area contributed by atoms with Gasteiger partial charge >= 0.3 is 0 Å². The predicted octanol–water partition coefficient (Wildman–Crippen LogP) is 3.33. The smallest absolute Gasteiger partial charge is 0.247 e. The molecule has 4 nitrogen and oxygen atoms in total. The monoisotopic (exact) mass is 320 g/mol. The summed E-state index contributed by atoms with van der Waals surface area (Å²) in [6.45, 7) is 0.616. The molecule has 0 spiro atoms. The van der Waals surface area contributed by atoms with E-state index in [-0.39, 0.29) is 11.8 Å². The predicted molar refractivity (Wildman–Crippen MR) is 95.3 cm³/mol. The Balaban J connectivity index is 1.65. The van der Waals surface area contributed by atoms with Crippen molar-refractivity contribution in [2.45, 2.75) is 18.9 Å². The van der Waals surface area contributed by atoms with Crippen molar-refractivity contribution in [1.29, 1.82) is 0 Å². The average Bonchev–Trinajstić information content (AvgIpc) is 3.11. The van der Waals surface area contributed by atoms with E-state index in [1.165, 1.54) is 0 Å². The Morgan fingerprint density at radius 2 is 1.67 bits per heavy atom. The fourth-order valence-corrected chi connectivity index (χ4v) is 2.88. The molecule has 0 radical (unpaired) electrons. The second-order valence-corrected chi connectivity index (χ2v) is 5.79. The summed E-state index contributed by atoms with van der Waals surface area (Å²) in [7, 11) is 0. The Kier molecular flexibility index (Phi) is 5.06. The molecule has 0 aliphatic carbocycles. The van der Waals surface area contributed by atoms with Crippen molar-refractivity contribution in [2.24, 2.45) is 0 Å². The van der Waals surface area contributed by atoms with Crippen LogP contribution in [0.15, 0.2) is 66.7 Å². The minimum atomic E-state index is -0.405. The summed E-state index contributed by atoms with van der Waals surface area (Å²) < 4.78 is 0. The highest BCUT2D eigenvalue weighted by Gasteiger charge is 2.33. The van der Waals surface area contributed by atoms with Crippen molar-refractivity contribution in [2.75, 3.05) is 11.9 Å². The number of likely N-dealkylation sites (tertiary alicyclic amines) is 1. The summed E-state index contributed by atoms with van der Waals surface area (Å²) in [4.78, 5) is 26.6. The van der Waals surface area contributed by atoms with Gasteiger partial charge in [0.25, 0.3) is 0 Å². The summed E-state index contributed by atoms with van der Waals surface area (Å²) in [6, 6.07) is 18.6. The lowest BCUT2D eigenvalue weighted by Crippen LogP contribution is -2.42. The van der Waals surface area contributed by atoms with Crippen LogP contribution in [0, 0.1) is 0 Å². The first-order valence-electron chi connectivity index (χ1n) is 8.14. The van der Waals surface area contributed by atoms with E-state index in [4.69, 9.17) is 0 Å². The number of hydrogen-bond donors (Lipinski definition) is 1. The summed E-state index contributed by atoms with van der Waals surface area (Å²) in [5, 5.41) is 2.89. The van der Waals surface area contributed by atoms with Gasteiger partial charge in [-0.25, -0.2) is 0 Å². The maximum atomic E-state index is 12.5. The lowest BCUT2D eigenvalue weighted by molar-refractivity contribution is -0.132. The SMILES string of the molecule is O=C(Nc1ccccc1)[C@@H]1CCCN1C(=O)/C=C/c1ccccc1. The Bertz CT molecular complexity index is 726. The largest absolute Gasteiger partial charge is 0.327 e. The second-order valence-electron chi connectivity index (χ2n) is 5.79. The second kappa shape index (κ2) is 7.59. The number of amides is 2. The zero-order valence-electron chi connectivity index (χ0n) is 13.4. The molecule has 1 aliphatic heterocycles. The Labute approximate surface area is 141 Å². The molecule has 1 atom stereocenters. The third kappa shape index (κ3) is 3.90. The van der Waals surface area contributed by atoms with Gasteiger partial charge in [-0.05, 0) is 36.6 Å². The first-order chi connectivity index (χ1) is 11.7. The minimum absolute atomic E-state index is 0.121. The van der Waals surface area contributed by atoms with E-state index in [2.05, 4.69) is 5.32 Å². The maximum absolute atomic E-state index is 12.5. The highest BCUT2D eigenvalue weighted by atomic mass is 16.2. The van der Waals surface area contributed by atoms with Gasteiger partial charge in [0, 0.05) is 18.3 Å². The van der Waals surface area contributed by atoms with E-state index < -0.39 is 6.04 Å². The van der Waals surface area contributed by atoms with E-state index >= 15 is 0 Å². The Morgan fingerprint density at radius 1 is 1.00 bits per heavy atom. The van der Waals surface area contributed by atoms with Crippen LogP contribution in [0.3, 0.4) is 0 Å². The van der Waals surface area contributed by atoms with Crippen LogP contribution >= 0.6 is 0 Å². The van der Waals surface area contributed by atoms with Gasteiger partial charge in [0.2, 0.25) is 11.8 Å². The summed E-state index contributed by atoms with van der Waals surface area (Å²) in [5.74, 6) is -0.246. The van der Waals surface area contributed by atoms with E-state index in [9.17, 15) is 9.59 Å². The molecule has 2 aromatic carbocycles. The molecule has 122 valence electrons. The third-order valence-electron chi connectivity index (χ3n) is 4.10. The van der Waals surface area contributed by atoms with Crippen molar-refractivity contribution in [1.82, 2.24) is 4.90 Å². The van der Waals surface area contributed by atoms with E-state index in [1.54, 1.807) is 17.1 Å². The zero-order valence-corrected chi connectivity index (χ0v) is 13.4. The van der Waals surface area contributed by atoms with Crippen LogP contribution in [0.1, 0.15) is 18.4 Å². The van der Waals surface area contributed by atoms with Crippen molar-refractivity contribution in [3.8, 4) is 0 Å².